The van der Waals surface area contributed by atoms with Crippen LogP contribution >= 0.6 is 0 Å². The Hall–Kier alpha value is -1.30. The zero-order valence-electron chi connectivity index (χ0n) is 7.71. The summed E-state index contributed by atoms with van der Waals surface area (Å²) >= 11 is 0. The van der Waals surface area contributed by atoms with Crippen LogP contribution < -0.4 is 4.74 Å². The fourth-order valence-corrected chi connectivity index (χ4v) is 0.672. The van der Waals surface area contributed by atoms with Gasteiger partial charge in [-0.25, -0.2) is 0 Å². The summed E-state index contributed by atoms with van der Waals surface area (Å²) in [5, 5.41) is 21.5. The first-order valence-electron chi connectivity index (χ1n) is 3.99. The Morgan fingerprint density at radius 1 is 1.21 bits per heavy atom. The molecule has 0 radical (unpaired) electrons. The van der Waals surface area contributed by atoms with E-state index in [1.807, 2.05) is 30.3 Å². The topological polar surface area (TPSA) is 69.9 Å². The highest BCUT2D eigenvalue weighted by Gasteiger charge is 1.92. The molecule has 0 bridgehead atoms. The third-order valence-electron chi connectivity index (χ3n) is 1.11. The van der Waals surface area contributed by atoms with Gasteiger partial charge < -0.3 is 19.8 Å². The lowest BCUT2D eigenvalue weighted by atomic mass is 10.3. The maximum Gasteiger partial charge on any atom is 0.631 e. The van der Waals surface area contributed by atoms with E-state index in [4.69, 9.17) is 19.8 Å². The molecular weight excluding hydrogens is 183 g/mol. The van der Waals surface area contributed by atoms with Crippen molar-refractivity contribution in [3.05, 3.63) is 43.0 Å². The third kappa shape index (κ3) is 8.80. The minimum Gasteiger partial charge on any atom is -0.490 e. The van der Waals surface area contributed by atoms with Gasteiger partial charge in [0.1, 0.15) is 12.4 Å². The highest BCUT2D eigenvalue weighted by molar-refractivity contribution is 6.30. The van der Waals surface area contributed by atoms with E-state index in [0.29, 0.717) is 6.61 Å². The van der Waals surface area contributed by atoms with Gasteiger partial charge in [-0.1, -0.05) is 30.9 Å². The molecular formula is C9H13BO4. The van der Waals surface area contributed by atoms with Crippen LogP contribution in [0.25, 0.3) is 0 Å². The fraction of sp³-hybridized carbons (Fsp3) is 0.111. The first-order valence-corrected chi connectivity index (χ1v) is 3.99. The molecule has 1 aromatic rings. The standard InChI is InChI=1S/C9H10O.BH3O3/c1-2-8-10-9-6-4-3-5-7-9;2-1(3)4/h2-7H,1,8H2;2-4H. The zero-order valence-corrected chi connectivity index (χ0v) is 7.71. The van der Waals surface area contributed by atoms with Gasteiger partial charge >= 0.3 is 7.32 Å². The van der Waals surface area contributed by atoms with Gasteiger partial charge in [-0.05, 0) is 12.1 Å². The Labute approximate surface area is 83.3 Å². The van der Waals surface area contributed by atoms with E-state index < -0.39 is 7.32 Å². The summed E-state index contributed by atoms with van der Waals surface area (Å²) in [5.41, 5.74) is 0. The lowest BCUT2D eigenvalue weighted by Gasteiger charge is -1.99. The van der Waals surface area contributed by atoms with Crippen molar-refractivity contribution in [2.45, 2.75) is 0 Å². The summed E-state index contributed by atoms with van der Waals surface area (Å²) in [6.07, 6.45) is 1.73. The van der Waals surface area contributed by atoms with Crippen LogP contribution in [-0.2, 0) is 0 Å². The molecule has 4 nitrogen and oxygen atoms in total. The van der Waals surface area contributed by atoms with E-state index in [1.54, 1.807) is 6.08 Å². The number of hydrogen-bond donors (Lipinski definition) is 3. The SMILES string of the molecule is C=CCOc1ccccc1.OB(O)O. The molecule has 0 aliphatic rings. The Bertz CT molecular complexity index is 235. The highest BCUT2D eigenvalue weighted by Crippen LogP contribution is 2.07. The smallest absolute Gasteiger partial charge is 0.490 e. The van der Waals surface area contributed by atoms with Gasteiger partial charge in [0.2, 0.25) is 0 Å². The van der Waals surface area contributed by atoms with Crippen molar-refractivity contribution in [3.63, 3.8) is 0 Å². The number of rotatable bonds is 3. The second kappa shape index (κ2) is 8.31. The van der Waals surface area contributed by atoms with Crippen LogP contribution in [0.3, 0.4) is 0 Å². The molecule has 0 saturated carbocycles. The Kier molecular flexibility index (Phi) is 7.54. The van der Waals surface area contributed by atoms with Crippen molar-refractivity contribution in [2.75, 3.05) is 6.61 Å². The monoisotopic (exact) mass is 196 g/mol. The maximum atomic E-state index is 7.17. The second-order valence-corrected chi connectivity index (χ2v) is 2.26. The molecule has 0 fully saturated rings. The Morgan fingerprint density at radius 2 is 1.71 bits per heavy atom. The van der Waals surface area contributed by atoms with Crippen molar-refractivity contribution >= 4 is 7.32 Å². The van der Waals surface area contributed by atoms with Gasteiger partial charge in [-0.2, -0.15) is 0 Å². The van der Waals surface area contributed by atoms with E-state index >= 15 is 0 Å². The molecule has 0 saturated heterocycles. The van der Waals surface area contributed by atoms with Crippen LogP contribution in [0.15, 0.2) is 43.0 Å². The normalized spacial score (nSPS) is 8.21. The van der Waals surface area contributed by atoms with E-state index in [1.165, 1.54) is 0 Å². The minimum absolute atomic E-state index is 0.573. The molecule has 5 heteroatoms. The average molecular weight is 196 g/mol. The molecule has 3 N–H and O–H groups in total. The van der Waals surface area contributed by atoms with Crippen LogP contribution in [0, 0.1) is 0 Å². The van der Waals surface area contributed by atoms with Crippen molar-refractivity contribution < 1.29 is 19.8 Å². The van der Waals surface area contributed by atoms with E-state index in [2.05, 4.69) is 6.58 Å². The molecule has 0 unspecified atom stereocenters. The van der Waals surface area contributed by atoms with Crippen LogP contribution in [0.5, 0.6) is 5.75 Å². The zero-order chi connectivity index (χ0) is 10.8. The molecule has 0 aromatic heterocycles. The summed E-state index contributed by atoms with van der Waals surface area (Å²) in [6, 6.07) is 9.69. The Balaban J connectivity index is 0.000000364. The largest absolute Gasteiger partial charge is 0.631 e. The van der Waals surface area contributed by atoms with E-state index in [0.717, 1.165) is 5.75 Å². The summed E-state index contributed by atoms with van der Waals surface area (Å²) in [7, 11) is -2.17. The van der Waals surface area contributed by atoms with Gasteiger partial charge in [-0.3, -0.25) is 0 Å². The number of ether oxygens (including phenoxy) is 1. The fourth-order valence-electron chi connectivity index (χ4n) is 0.672. The molecule has 0 heterocycles. The van der Waals surface area contributed by atoms with E-state index in [9.17, 15) is 0 Å². The van der Waals surface area contributed by atoms with Gasteiger partial charge in [0, 0.05) is 0 Å². The summed E-state index contributed by atoms with van der Waals surface area (Å²) < 4.78 is 5.24. The van der Waals surface area contributed by atoms with Crippen LogP contribution in [0.1, 0.15) is 0 Å². The van der Waals surface area contributed by atoms with Crippen molar-refractivity contribution in [2.24, 2.45) is 0 Å². The quantitative estimate of drug-likeness (QED) is 0.477. The number of benzene rings is 1. The third-order valence-corrected chi connectivity index (χ3v) is 1.11. The maximum absolute atomic E-state index is 7.17. The van der Waals surface area contributed by atoms with E-state index in [-0.39, 0.29) is 0 Å². The molecule has 1 rings (SSSR count). The van der Waals surface area contributed by atoms with Crippen molar-refractivity contribution in [1.29, 1.82) is 0 Å². The molecule has 0 spiro atoms. The predicted octanol–water partition coefficient (Wildman–Crippen LogP) is 0.200. The molecule has 1 aromatic carbocycles. The van der Waals surface area contributed by atoms with Crippen LogP contribution in [0.4, 0.5) is 0 Å². The van der Waals surface area contributed by atoms with Crippen molar-refractivity contribution in [3.8, 4) is 5.75 Å². The second-order valence-electron chi connectivity index (χ2n) is 2.26. The van der Waals surface area contributed by atoms with Crippen molar-refractivity contribution in [1.82, 2.24) is 0 Å². The number of para-hydroxylation sites is 1. The molecule has 0 aliphatic carbocycles. The summed E-state index contributed by atoms with van der Waals surface area (Å²) in [6.45, 7) is 4.12. The number of hydrogen-bond acceptors (Lipinski definition) is 4. The first-order chi connectivity index (χ1) is 6.66. The average Bonchev–Trinajstić information content (AvgIpc) is 2.15. The van der Waals surface area contributed by atoms with Gasteiger partial charge in [0.05, 0.1) is 0 Å². The summed E-state index contributed by atoms with van der Waals surface area (Å²) in [5.74, 6) is 0.891. The Morgan fingerprint density at radius 3 is 2.14 bits per heavy atom. The molecule has 14 heavy (non-hydrogen) atoms. The first kappa shape index (κ1) is 12.7. The predicted molar refractivity (Wildman–Crippen MR) is 54.5 cm³/mol. The van der Waals surface area contributed by atoms with Gasteiger partial charge in [0.25, 0.3) is 0 Å². The molecule has 0 aliphatic heterocycles. The van der Waals surface area contributed by atoms with Crippen LogP contribution in [0.2, 0.25) is 0 Å². The summed E-state index contributed by atoms with van der Waals surface area (Å²) in [4.78, 5) is 0. The lowest BCUT2D eigenvalue weighted by molar-refractivity contribution is 0.278. The molecule has 76 valence electrons. The minimum atomic E-state index is -2.17. The molecule has 0 amide bonds. The van der Waals surface area contributed by atoms with Gasteiger partial charge in [-0.15, -0.1) is 0 Å². The lowest BCUT2D eigenvalue weighted by Crippen LogP contribution is -2.07. The van der Waals surface area contributed by atoms with Crippen LogP contribution in [-0.4, -0.2) is 29.0 Å². The molecule has 0 atom stereocenters. The highest BCUT2D eigenvalue weighted by atomic mass is 16.5. The van der Waals surface area contributed by atoms with Gasteiger partial charge in [0.15, 0.2) is 0 Å².